The zero-order valence-electron chi connectivity index (χ0n) is 12.8. The van der Waals surface area contributed by atoms with Crippen LogP contribution in [0.15, 0.2) is 17.2 Å². The van der Waals surface area contributed by atoms with Gasteiger partial charge in [-0.05, 0) is 19.1 Å². The van der Waals surface area contributed by atoms with Gasteiger partial charge in [0.15, 0.2) is 4.33 Å². The Kier molecular flexibility index (Phi) is 5.39. The molecule has 1 aliphatic rings. The summed E-state index contributed by atoms with van der Waals surface area (Å²) in [7, 11) is 0. The molecule has 2 rings (SSSR count). The molecule has 0 aromatic heterocycles. The highest BCUT2D eigenvalue weighted by atomic mass is 35.5. The minimum Gasteiger partial charge on any atom is -0.507 e. The molecule has 0 saturated carbocycles. The minimum absolute atomic E-state index is 0.0167. The molecule has 1 aromatic rings. The number of aliphatic hydroxyl groups excluding tert-OH is 1. The lowest BCUT2D eigenvalue weighted by atomic mass is 9.92. The number of halogens is 2. The lowest BCUT2D eigenvalue weighted by molar-refractivity contribution is -0.121. The van der Waals surface area contributed by atoms with E-state index in [2.05, 4.69) is 10.5 Å². The van der Waals surface area contributed by atoms with Crippen LogP contribution < -0.4 is 10.2 Å². The molecule has 1 amide bonds. The number of hydrogen-bond acceptors (Lipinski definition) is 5. The van der Waals surface area contributed by atoms with E-state index in [1.807, 2.05) is 6.92 Å². The standard InChI is InChI=1S/C15H18Cl2N2O4/c1-8-5-12(21)18-19-13(8)10-3-4-11(9(2)14(10)22)23-7-15(16,17)6-20/h3-4,8,20,22H,5-7H2,1-2H3,(H,18,21). The van der Waals surface area contributed by atoms with Crippen molar-refractivity contribution < 1.29 is 19.7 Å². The van der Waals surface area contributed by atoms with Gasteiger partial charge in [0.05, 0.1) is 12.3 Å². The number of amides is 1. The Morgan fingerprint density at radius 2 is 2.17 bits per heavy atom. The Morgan fingerprint density at radius 1 is 1.48 bits per heavy atom. The average Bonchev–Trinajstić information content (AvgIpc) is 2.50. The third-order valence-electron chi connectivity index (χ3n) is 3.59. The molecular weight excluding hydrogens is 343 g/mol. The number of ether oxygens (including phenoxy) is 1. The topological polar surface area (TPSA) is 91.2 Å². The molecule has 1 aliphatic heterocycles. The fourth-order valence-electron chi connectivity index (χ4n) is 2.25. The summed E-state index contributed by atoms with van der Waals surface area (Å²) in [6.45, 7) is 2.98. The van der Waals surface area contributed by atoms with Gasteiger partial charge >= 0.3 is 0 Å². The van der Waals surface area contributed by atoms with Crippen molar-refractivity contribution in [2.75, 3.05) is 13.2 Å². The maximum absolute atomic E-state index is 11.3. The van der Waals surface area contributed by atoms with E-state index >= 15 is 0 Å². The first-order valence-electron chi connectivity index (χ1n) is 7.06. The van der Waals surface area contributed by atoms with Gasteiger partial charge in [-0.15, -0.1) is 0 Å². The third-order valence-corrected chi connectivity index (χ3v) is 4.04. The number of phenols is 1. The highest BCUT2D eigenvalue weighted by Crippen LogP contribution is 2.34. The van der Waals surface area contributed by atoms with E-state index in [1.54, 1.807) is 19.1 Å². The molecule has 23 heavy (non-hydrogen) atoms. The smallest absolute Gasteiger partial charge is 0.240 e. The molecule has 8 heteroatoms. The van der Waals surface area contributed by atoms with Crippen molar-refractivity contribution in [3.63, 3.8) is 0 Å². The second-order valence-electron chi connectivity index (χ2n) is 5.52. The molecule has 0 saturated heterocycles. The Hall–Kier alpha value is -1.50. The number of aromatic hydroxyl groups is 1. The van der Waals surface area contributed by atoms with Gasteiger partial charge in [-0.25, -0.2) is 5.43 Å². The van der Waals surface area contributed by atoms with Crippen LogP contribution in [0.3, 0.4) is 0 Å². The number of nitrogens with zero attached hydrogens (tertiary/aromatic N) is 1. The van der Waals surface area contributed by atoms with Gasteiger partial charge < -0.3 is 14.9 Å². The van der Waals surface area contributed by atoms with E-state index in [9.17, 15) is 9.90 Å². The van der Waals surface area contributed by atoms with Gasteiger partial charge in [0.25, 0.3) is 0 Å². The quantitative estimate of drug-likeness (QED) is 0.701. The van der Waals surface area contributed by atoms with Gasteiger partial charge in [0, 0.05) is 23.5 Å². The number of rotatable bonds is 5. The Morgan fingerprint density at radius 3 is 2.78 bits per heavy atom. The minimum atomic E-state index is -1.41. The molecule has 1 atom stereocenters. The second kappa shape index (κ2) is 6.95. The van der Waals surface area contributed by atoms with Crippen LogP contribution in [-0.4, -0.2) is 39.4 Å². The van der Waals surface area contributed by atoms with Crippen LogP contribution in [0.5, 0.6) is 11.5 Å². The fourth-order valence-corrected chi connectivity index (χ4v) is 2.36. The third kappa shape index (κ3) is 4.07. The molecule has 1 heterocycles. The number of benzene rings is 1. The number of phenolic OH excluding ortho intramolecular Hbond substituents is 1. The largest absolute Gasteiger partial charge is 0.507 e. The predicted molar refractivity (Wildman–Crippen MR) is 88.3 cm³/mol. The fraction of sp³-hybridized carbons (Fsp3) is 0.467. The monoisotopic (exact) mass is 360 g/mol. The average molecular weight is 361 g/mol. The van der Waals surface area contributed by atoms with Gasteiger partial charge in [-0.2, -0.15) is 5.10 Å². The molecule has 126 valence electrons. The molecule has 0 spiro atoms. The Bertz CT molecular complexity index is 647. The SMILES string of the molecule is Cc1c(OCC(Cl)(Cl)CO)ccc(C2=NNC(=O)CC2C)c1O. The molecule has 0 fully saturated rings. The number of carbonyl (C=O) groups excluding carboxylic acids is 1. The van der Waals surface area contributed by atoms with Crippen molar-refractivity contribution in [3.8, 4) is 11.5 Å². The number of alkyl halides is 2. The highest BCUT2D eigenvalue weighted by Gasteiger charge is 2.27. The first kappa shape index (κ1) is 17.8. The first-order valence-corrected chi connectivity index (χ1v) is 7.81. The van der Waals surface area contributed by atoms with Crippen molar-refractivity contribution in [2.24, 2.45) is 11.0 Å². The van der Waals surface area contributed by atoms with E-state index in [1.165, 1.54) is 0 Å². The summed E-state index contributed by atoms with van der Waals surface area (Å²) in [4.78, 5) is 11.3. The maximum Gasteiger partial charge on any atom is 0.240 e. The van der Waals surface area contributed by atoms with Crippen LogP contribution in [0.2, 0.25) is 0 Å². The number of hydrazone groups is 1. The zero-order valence-corrected chi connectivity index (χ0v) is 14.3. The van der Waals surface area contributed by atoms with Crippen molar-refractivity contribution >= 4 is 34.8 Å². The van der Waals surface area contributed by atoms with Crippen LogP contribution in [-0.2, 0) is 4.79 Å². The van der Waals surface area contributed by atoms with Crippen LogP contribution in [0.1, 0.15) is 24.5 Å². The number of hydrogen-bond donors (Lipinski definition) is 3. The molecule has 6 nitrogen and oxygen atoms in total. The normalized spacial score (nSPS) is 18.4. The van der Waals surface area contributed by atoms with Gasteiger partial charge in [0.2, 0.25) is 5.91 Å². The lowest BCUT2D eigenvalue weighted by Gasteiger charge is -2.22. The van der Waals surface area contributed by atoms with E-state index in [-0.39, 0.29) is 24.2 Å². The predicted octanol–water partition coefficient (Wildman–Crippen LogP) is 2.11. The van der Waals surface area contributed by atoms with Crippen LogP contribution in [0, 0.1) is 12.8 Å². The van der Waals surface area contributed by atoms with Crippen molar-refractivity contribution in [1.29, 1.82) is 0 Å². The zero-order chi connectivity index (χ0) is 17.2. The van der Waals surface area contributed by atoms with Crippen LogP contribution in [0.25, 0.3) is 0 Å². The summed E-state index contributed by atoms with van der Waals surface area (Å²) in [5.74, 6) is 0.164. The van der Waals surface area contributed by atoms with E-state index in [4.69, 9.17) is 33.0 Å². The van der Waals surface area contributed by atoms with Crippen LogP contribution in [0.4, 0.5) is 0 Å². The summed E-state index contributed by atoms with van der Waals surface area (Å²) in [6, 6.07) is 3.32. The molecule has 3 N–H and O–H groups in total. The molecule has 0 aliphatic carbocycles. The Balaban J connectivity index is 2.26. The van der Waals surface area contributed by atoms with Crippen molar-refractivity contribution in [3.05, 3.63) is 23.3 Å². The van der Waals surface area contributed by atoms with Gasteiger partial charge in [-0.3, -0.25) is 4.79 Å². The number of aliphatic hydroxyl groups is 1. The first-order chi connectivity index (χ1) is 10.7. The summed E-state index contributed by atoms with van der Waals surface area (Å²) in [5, 5.41) is 23.5. The van der Waals surface area contributed by atoms with Crippen molar-refractivity contribution in [1.82, 2.24) is 5.43 Å². The molecule has 0 radical (unpaired) electrons. The van der Waals surface area contributed by atoms with Gasteiger partial charge in [-0.1, -0.05) is 30.1 Å². The summed E-state index contributed by atoms with van der Waals surface area (Å²) < 4.78 is 4.06. The maximum atomic E-state index is 11.3. The summed E-state index contributed by atoms with van der Waals surface area (Å²) in [5.41, 5.74) is 4.06. The summed E-state index contributed by atoms with van der Waals surface area (Å²) >= 11 is 11.6. The second-order valence-corrected chi connectivity index (χ2v) is 7.17. The van der Waals surface area contributed by atoms with Crippen LogP contribution >= 0.6 is 23.2 Å². The molecular formula is C15H18Cl2N2O4. The van der Waals surface area contributed by atoms with Crippen molar-refractivity contribution in [2.45, 2.75) is 24.6 Å². The highest BCUT2D eigenvalue weighted by molar-refractivity contribution is 6.48. The number of nitrogens with one attached hydrogen (secondary N) is 1. The van der Waals surface area contributed by atoms with E-state index in [0.29, 0.717) is 29.0 Å². The van der Waals surface area contributed by atoms with Gasteiger partial charge in [0.1, 0.15) is 18.1 Å². The molecule has 1 unspecified atom stereocenters. The summed E-state index contributed by atoms with van der Waals surface area (Å²) in [6.07, 6.45) is 0.313. The molecule has 0 bridgehead atoms. The number of carbonyl (C=O) groups is 1. The molecule has 1 aromatic carbocycles. The Labute approximate surface area is 144 Å². The lowest BCUT2D eigenvalue weighted by Crippen LogP contribution is -2.32. The van der Waals surface area contributed by atoms with E-state index < -0.39 is 10.9 Å². The van der Waals surface area contributed by atoms with E-state index in [0.717, 1.165) is 0 Å².